The minimum absolute atomic E-state index is 0.262. The number of carbonyl (C=O) groups is 2. The second-order valence-corrected chi connectivity index (χ2v) is 5.44. The zero-order valence-corrected chi connectivity index (χ0v) is 12.1. The van der Waals surface area contributed by atoms with Gasteiger partial charge in [-0.2, -0.15) is 0 Å². The van der Waals surface area contributed by atoms with Gasteiger partial charge in [0.15, 0.2) is 0 Å². The molecule has 1 aromatic carbocycles. The SMILES string of the molecule is C=CCOc1cccc2c1CN(C1CCC(=O)NC1=O)C2O. The number of piperidine rings is 1. The number of nitrogens with zero attached hydrogens (tertiary/aromatic N) is 1. The fourth-order valence-corrected chi connectivity index (χ4v) is 3.00. The molecule has 2 atom stereocenters. The quantitative estimate of drug-likeness (QED) is 0.637. The summed E-state index contributed by atoms with van der Waals surface area (Å²) < 4.78 is 5.62. The first-order chi connectivity index (χ1) is 10.6. The van der Waals surface area contributed by atoms with Gasteiger partial charge in [-0.15, -0.1) is 0 Å². The number of amides is 2. The van der Waals surface area contributed by atoms with E-state index in [4.69, 9.17) is 4.74 Å². The zero-order valence-electron chi connectivity index (χ0n) is 12.1. The third-order valence-corrected chi connectivity index (χ3v) is 4.07. The standard InChI is InChI=1S/C16H18N2O4/c1-2-8-22-13-5-3-4-10-11(13)9-18(16(10)21)12-6-7-14(19)17-15(12)20/h2-5,12,16,21H,1,6-9H2,(H,17,19,20). The highest BCUT2D eigenvalue weighted by atomic mass is 16.5. The number of nitrogens with one attached hydrogen (secondary N) is 1. The molecule has 2 unspecified atom stereocenters. The highest BCUT2D eigenvalue weighted by Crippen LogP contribution is 2.39. The predicted octanol–water partition coefficient (Wildman–Crippen LogP) is 0.863. The van der Waals surface area contributed by atoms with Gasteiger partial charge in [0.2, 0.25) is 11.8 Å². The largest absolute Gasteiger partial charge is 0.489 e. The van der Waals surface area contributed by atoms with Gasteiger partial charge in [-0.3, -0.25) is 19.8 Å². The van der Waals surface area contributed by atoms with E-state index in [2.05, 4.69) is 11.9 Å². The molecule has 1 saturated heterocycles. The average Bonchev–Trinajstić information content (AvgIpc) is 2.83. The van der Waals surface area contributed by atoms with Crippen molar-refractivity contribution in [2.45, 2.75) is 31.7 Å². The molecule has 0 radical (unpaired) electrons. The molecule has 1 aromatic rings. The van der Waals surface area contributed by atoms with Gasteiger partial charge in [0.1, 0.15) is 18.6 Å². The summed E-state index contributed by atoms with van der Waals surface area (Å²) in [5.74, 6) is 0.0744. The van der Waals surface area contributed by atoms with E-state index in [1.54, 1.807) is 11.0 Å². The molecule has 6 nitrogen and oxygen atoms in total. The van der Waals surface area contributed by atoms with Crippen molar-refractivity contribution >= 4 is 11.8 Å². The summed E-state index contributed by atoms with van der Waals surface area (Å²) in [7, 11) is 0. The second-order valence-electron chi connectivity index (χ2n) is 5.44. The Balaban J connectivity index is 1.84. The van der Waals surface area contributed by atoms with E-state index in [1.165, 1.54) is 0 Å². The lowest BCUT2D eigenvalue weighted by molar-refractivity contribution is -0.141. The third-order valence-electron chi connectivity index (χ3n) is 4.07. The van der Waals surface area contributed by atoms with Crippen LogP contribution in [-0.4, -0.2) is 34.5 Å². The van der Waals surface area contributed by atoms with Crippen LogP contribution in [0.4, 0.5) is 0 Å². The van der Waals surface area contributed by atoms with Gasteiger partial charge in [0.05, 0.1) is 6.04 Å². The van der Waals surface area contributed by atoms with Crippen molar-refractivity contribution in [2.24, 2.45) is 0 Å². The van der Waals surface area contributed by atoms with Crippen molar-refractivity contribution < 1.29 is 19.4 Å². The maximum Gasteiger partial charge on any atom is 0.244 e. The Kier molecular flexibility index (Phi) is 3.96. The third kappa shape index (κ3) is 2.51. The number of carbonyl (C=O) groups excluding carboxylic acids is 2. The molecule has 0 saturated carbocycles. The summed E-state index contributed by atoms with van der Waals surface area (Å²) in [6.45, 7) is 4.41. The molecule has 2 N–H and O–H groups in total. The van der Waals surface area contributed by atoms with E-state index in [9.17, 15) is 14.7 Å². The number of aliphatic hydroxyl groups is 1. The Labute approximate surface area is 128 Å². The summed E-state index contributed by atoms with van der Waals surface area (Å²) >= 11 is 0. The van der Waals surface area contributed by atoms with Crippen LogP contribution in [0.15, 0.2) is 30.9 Å². The second kappa shape index (κ2) is 5.90. The van der Waals surface area contributed by atoms with Gasteiger partial charge in [-0.05, 0) is 12.5 Å². The van der Waals surface area contributed by atoms with Crippen LogP contribution >= 0.6 is 0 Å². The maximum atomic E-state index is 12.0. The number of fused-ring (bicyclic) bond motifs is 1. The first kappa shape index (κ1) is 14.7. The van der Waals surface area contributed by atoms with Crippen molar-refractivity contribution in [3.05, 3.63) is 42.0 Å². The molecule has 22 heavy (non-hydrogen) atoms. The van der Waals surface area contributed by atoms with Crippen molar-refractivity contribution in [3.8, 4) is 5.75 Å². The molecule has 116 valence electrons. The Morgan fingerprint density at radius 3 is 3.00 bits per heavy atom. The van der Waals surface area contributed by atoms with Crippen molar-refractivity contribution in [2.75, 3.05) is 6.61 Å². The van der Waals surface area contributed by atoms with Crippen molar-refractivity contribution in [1.29, 1.82) is 0 Å². The minimum Gasteiger partial charge on any atom is -0.489 e. The van der Waals surface area contributed by atoms with E-state index in [-0.39, 0.29) is 18.2 Å². The van der Waals surface area contributed by atoms with Crippen LogP contribution in [0.2, 0.25) is 0 Å². The molecule has 2 heterocycles. The summed E-state index contributed by atoms with van der Waals surface area (Å²) in [5, 5.41) is 12.8. The fraction of sp³-hybridized carbons (Fsp3) is 0.375. The molecule has 2 aliphatic heterocycles. The lowest BCUT2D eigenvalue weighted by Crippen LogP contribution is -2.51. The lowest BCUT2D eigenvalue weighted by atomic mass is 10.0. The van der Waals surface area contributed by atoms with Gasteiger partial charge in [-0.25, -0.2) is 0 Å². The van der Waals surface area contributed by atoms with E-state index < -0.39 is 12.3 Å². The monoisotopic (exact) mass is 302 g/mol. The number of rotatable bonds is 4. The van der Waals surface area contributed by atoms with Gasteiger partial charge >= 0.3 is 0 Å². The normalized spacial score (nSPS) is 24.8. The highest BCUT2D eigenvalue weighted by Gasteiger charge is 2.40. The van der Waals surface area contributed by atoms with E-state index >= 15 is 0 Å². The van der Waals surface area contributed by atoms with E-state index in [1.807, 2.05) is 18.2 Å². The molecule has 3 rings (SSSR count). The van der Waals surface area contributed by atoms with Crippen LogP contribution in [0, 0.1) is 0 Å². The maximum absolute atomic E-state index is 12.0. The van der Waals surface area contributed by atoms with Crippen LogP contribution in [0.25, 0.3) is 0 Å². The Morgan fingerprint density at radius 2 is 2.27 bits per heavy atom. The number of ether oxygens (including phenoxy) is 1. The summed E-state index contributed by atoms with van der Waals surface area (Å²) in [6, 6.07) is 4.97. The van der Waals surface area contributed by atoms with Crippen LogP contribution < -0.4 is 10.1 Å². The van der Waals surface area contributed by atoms with Gasteiger partial charge in [0.25, 0.3) is 0 Å². The van der Waals surface area contributed by atoms with E-state index in [0.717, 1.165) is 11.1 Å². The summed E-state index contributed by atoms with van der Waals surface area (Å²) in [5.41, 5.74) is 1.62. The first-order valence-corrected chi connectivity index (χ1v) is 7.25. The van der Waals surface area contributed by atoms with Crippen molar-refractivity contribution in [3.63, 3.8) is 0 Å². The van der Waals surface area contributed by atoms with E-state index in [0.29, 0.717) is 25.3 Å². The Bertz CT molecular complexity index is 629. The summed E-state index contributed by atoms with van der Waals surface area (Å²) in [6.07, 6.45) is 1.49. The smallest absolute Gasteiger partial charge is 0.244 e. The average molecular weight is 302 g/mol. The molecule has 2 aliphatic rings. The van der Waals surface area contributed by atoms with Gasteiger partial charge in [0, 0.05) is 24.1 Å². The molecular formula is C16H18N2O4. The minimum atomic E-state index is -0.869. The zero-order chi connectivity index (χ0) is 15.7. The van der Waals surface area contributed by atoms with Gasteiger partial charge in [-0.1, -0.05) is 24.8 Å². The fourth-order valence-electron chi connectivity index (χ4n) is 3.00. The highest BCUT2D eigenvalue weighted by molar-refractivity contribution is 6.00. The van der Waals surface area contributed by atoms with Crippen LogP contribution in [0.3, 0.4) is 0 Å². The molecule has 2 amide bonds. The Morgan fingerprint density at radius 1 is 1.45 bits per heavy atom. The number of benzene rings is 1. The first-order valence-electron chi connectivity index (χ1n) is 7.25. The Hall–Kier alpha value is -2.18. The molecule has 0 spiro atoms. The number of hydrogen-bond donors (Lipinski definition) is 2. The molecule has 0 aliphatic carbocycles. The van der Waals surface area contributed by atoms with Gasteiger partial charge < -0.3 is 9.84 Å². The van der Waals surface area contributed by atoms with Crippen LogP contribution in [0.1, 0.15) is 30.2 Å². The number of hydrogen-bond acceptors (Lipinski definition) is 5. The molecule has 6 heteroatoms. The number of aliphatic hydroxyl groups excluding tert-OH is 1. The summed E-state index contributed by atoms with van der Waals surface area (Å²) in [4.78, 5) is 25.0. The molecule has 0 bridgehead atoms. The molecule has 0 aromatic heterocycles. The molecule has 1 fully saturated rings. The van der Waals surface area contributed by atoms with Crippen LogP contribution in [-0.2, 0) is 16.1 Å². The van der Waals surface area contributed by atoms with Crippen LogP contribution in [0.5, 0.6) is 5.75 Å². The lowest BCUT2D eigenvalue weighted by Gasteiger charge is -2.31. The molecular weight excluding hydrogens is 284 g/mol. The van der Waals surface area contributed by atoms with Crippen molar-refractivity contribution in [1.82, 2.24) is 10.2 Å². The topological polar surface area (TPSA) is 78.9 Å². The predicted molar refractivity (Wildman–Crippen MR) is 78.8 cm³/mol. The number of imide groups is 1.